The van der Waals surface area contributed by atoms with Crippen molar-refractivity contribution in [2.24, 2.45) is 0 Å². The van der Waals surface area contributed by atoms with E-state index in [9.17, 15) is 0 Å². The van der Waals surface area contributed by atoms with Crippen molar-refractivity contribution in [3.8, 4) is 5.82 Å². The lowest BCUT2D eigenvalue weighted by Crippen LogP contribution is -2.32. The molecule has 0 aliphatic carbocycles. The fraction of sp³-hybridized carbons (Fsp3) is 0.222. The number of rotatable bonds is 8. The van der Waals surface area contributed by atoms with E-state index < -0.39 is 0 Å². The molecule has 6 nitrogen and oxygen atoms in total. The highest BCUT2D eigenvalue weighted by Crippen LogP contribution is 2.39. The van der Waals surface area contributed by atoms with E-state index in [2.05, 4.69) is 85.7 Å². The standard InChI is InChI=1S/C27H28N6S/c1-20-13-14-24(30-19-20)32-17-7-12-23(32)26-25(22-11-5-6-15-29-22)31-27(34)33(26)18-8-16-28-21-9-3-2-4-10-21/h2-7,9-15,17,19,25-26,28H,8,16,18H2,1H3,(H,31,34). The minimum atomic E-state index is -0.0464. The zero-order valence-corrected chi connectivity index (χ0v) is 19.9. The number of pyridine rings is 2. The Kier molecular flexibility index (Phi) is 6.53. The summed E-state index contributed by atoms with van der Waals surface area (Å²) in [4.78, 5) is 11.6. The third-order valence-corrected chi connectivity index (χ3v) is 6.45. The maximum absolute atomic E-state index is 5.83. The van der Waals surface area contributed by atoms with Crippen molar-refractivity contribution in [2.45, 2.75) is 25.4 Å². The molecule has 5 rings (SSSR count). The Morgan fingerprint density at radius 1 is 0.971 bits per heavy atom. The molecule has 7 heteroatoms. The van der Waals surface area contributed by atoms with Crippen LogP contribution in [0.15, 0.2) is 91.4 Å². The molecular formula is C27H28N6S. The molecule has 2 unspecified atom stereocenters. The molecule has 4 heterocycles. The molecule has 1 fully saturated rings. The lowest BCUT2D eigenvalue weighted by molar-refractivity contribution is 0.307. The van der Waals surface area contributed by atoms with Crippen LogP contribution in [0.25, 0.3) is 5.82 Å². The molecule has 0 amide bonds. The number of aromatic nitrogens is 3. The first kappa shape index (κ1) is 22.1. The molecule has 1 aromatic carbocycles. The summed E-state index contributed by atoms with van der Waals surface area (Å²) in [6.45, 7) is 3.74. The monoisotopic (exact) mass is 468 g/mol. The first-order valence-electron chi connectivity index (χ1n) is 11.6. The van der Waals surface area contributed by atoms with Crippen molar-refractivity contribution in [1.29, 1.82) is 0 Å². The number of thiocarbonyl (C=S) groups is 1. The van der Waals surface area contributed by atoms with E-state index in [0.717, 1.165) is 53.1 Å². The zero-order valence-electron chi connectivity index (χ0n) is 19.1. The summed E-state index contributed by atoms with van der Waals surface area (Å²) >= 11 is 5.83. The Balaban J connectivity index is 1.42. The van der Waals surface area contributed by atoms with Gasteiger partial charge < -0.3 is 20.1 Å². The minimum Gasteiger partial charge on any atom is -0.385 e. The number of hydrogen-bond donors (Lipinski definition) is 2. The highest BCUT2D eigenvalue weighted by Gasteiger charge is 2.41. The van der Waals surface area contributed by atoms with Gasteiger partial charge >= 0.3 is 0 Å². The molecular weight excluding hydrogens is 440 g/mol. The smallest absolute Gasteiger partial charge is 0.170 e. The number of para-hydroxylation sites is 1. The minimum absolute atomic E-state index is 0.00257. The predicted molar refractivity (Wildman–Crippen MR) is 140 cm³/mol. The summed E-state index contributed by atoms with van der Waals surface area (Å²) < 4.78 is 2.16. The molecule has 4 aromatic rings. The van der Waals surface area contributed by atoms with E-state index in [4.69, 9.17) is 12.2 Å². The van der Waals surface area contributed by atoms with Gasteiger partial charge in [-0.3, -0.25) is 4.98 Å². The van der Waals surface area contributed by atoms with Gasteiger partial charge in [-0.25, -0.2) is 4.98 Å². The van der Waals surface area contributed by atoms with Gasteiger partial charge in [0.2, 0.25) is 0 Å². The first-order valence-corrected chi connectivity index (χ1v) is 12.0. The molecule has 3 aromatic heterocycles. The number of anilines is 1. The summed E-state index contributed by atoms with van der Waals surface area (Å²) in [6.07, 6.45) is 6.76. The van der Waals surface area contributed by atoms with Gasteiger partial charge in [-0.1, -0.05) is 30.3 Å². The summed E-state index contributed by atoms with van der Waals surface area (Å²) in [6, 6.07) is 24.6. The van der Waals surface area contributed by atoms with Gasteiger partial charge in [0.15, 0.2) is 5.11 Å². The largest absolute Gasteiger partial charge is 0.385 e. The van der Waals surface area contributed by atoms with Crippen LogP contribution in [0.3, 0.4) is 0 Å². The maximum Gasteiger partial charge on any atom is 0.170 e. The van der Waals surface area contributed by atoms with Crippen LogP contribution >= 0.6 is 12.2 Å². The number of nitrogens with one attached hydrogen (secondary N) is 2. The predicted octanol–water partition coefficient (Wildman–Crippen LogP) is 5.05. The third kappa shape index (κ3) is 4.65. The Morgan fingerprint density at radius 2 is 1.82 bits per heavy atom. The molecule has 0 bridgehead atoms. The van der Waals surface area contributed by atoms with Crippen LogP contribution in [0.2, 0.25) is 0 Å². The maximum atomic E-state index is 5.83. The summed E-state index contributed by atoms with van der Waals surface area (Å²) in [5.74, 6) is 0.897. The SMILES string of the molecule is Cc1ccc(-n2cccc2C2C(c3ccccn3)NC(=S)N2CCCNc2ccccc2)nc1. The fourth-order valence-electron chi connectivity index (χ4n) is 4.45. The van der Waals surface area contributed by atoms with Crippen molar-refractivity contribution >= 4 is 23.0 Å². The quantitative estimate of drug-likeness (QED) is 0.279. The second-order valence-corrected chi connectivity index (χ2v) is 8.85. The first-order chi connectivity index (χ1) is 16.7. The number of nitrogens with zero attached hydrogens (tertiary/aromatic N) is 4. The van der Waals surface area contributed by atoms with Gasteiger partial charge in [-0.15, -0.1) is 0 Å². The topological polar surface area (TPSA) is 58.0 Å². The van der Waals surface area contributed by atoms with E-state index in [1.807, 2.05) is 42.7 Å². The van der Waals surface area contributed by atoms with Crippen molar-refractivity contribution in [3.05, 3.63) is 108 Å². The van der Waals surface area contributed by atoms with E-state index in [1.54, 1.807) is 0 Å². The molecule has 172 valence electrons. The molecule has 0 radical (unpaired) electrons. The van der Waals surface area contributed by atoms with E-state index in [1.165, 1.54) is 0 Å². The van der Waals surface area contributed by atoms with Crippen LogP contribution in [-0.2, 0) is 0 Å². The highest BCUT2D eigenvalue weighted by atomic mass is 32.1. The van der Waals surface area contributed by atoms with E-state index in [0.29, 0.717) is 0 Å². The molecule has 1 saturated heterocycles. The highest BCUT2D eigenvalue weighted by molar-refractivity contribution is 7.80. The van der Waals surface area contributed by atoms with Gasteiger partial charge in [0.1, 0.15) is 5.82 Å². The molecule has 2 atom stereocenters. The summed E-state index contributed by atoms with van der Waals surface area (Å²) in [5, 5.41) is 7.80. The molecule has 0 spiro atoms. The van der Waals surface area contributed by atoms with Crippen LogP contribution in [0, 0.1) is 6.92 Å². The van der Waals surface area contributed by atoms with E-state index in [-0.39, 0.29) is 12.1 Å². The van der Waals surface area contributed by atoms with Crippen molar-refractivity contribution in [3.63, 3.8) is 0 Å². The van der Waals surface area contributed by atoms with E-state index >= 15 is 0 Å². The average molecular weight is 469 g/mol. The Labute approximate surface area is 205 Å². The molecule has 34 heavy (non-hydrogen) atoms. The summed E-state index contributed by atoms with van der Waals surface area (Å²) in [5.41, 5.74) is 4.38. The molecule has 0 saturated carbocycles. The fourth-order valence-corrected chi connectivity index (χ4v) is 4.78. The van der Waals surface area contributed by atoms with Gasteiger partial charge in [0, 0.05) is 43.1 Å². The van der Waals surface area contributed by atoms with Crippen LogP contribution < -0.4 is 10.6 Å². The zero-order chi connectivity index (χ0) is 23.3. The van der Waals surface area contributed by atoms with Crippen LogP contribution in [-0.4, -0.2) is 37.6 Å². The number of aryl methyl sites for hydroxylation is 1. The van der Waals surface area contributed by atoms with Crippen LogP contribution in [0.5, 0.6) is 0 Å². The normalized spacial score (nSPS) is 17.6. The van der Waals surface area contributed by atoms with Crippen molar-refractivity contribution in [1.82, 2.24) is 24.8 Å². The lowest BCUT2D eigenvalue weighted by atomic mass is 10.0. The van der Waals surface area contributed by atoms with Gasteiger partial charge in [-0.2, -0.15) is 0 Å². The Bertz CT molecular complexity index is 1220. The summed E-state index contributed by atoms with van der Waals surface area (Å²) in [7, 11) is 0. The average Bonchev–Trinajstić information content (AvgIpc) is 3.48. The Morgan fingerprint density at radius 3 is 2.59 bits per heavy atom. The van der Waals surface area contributed by atoms with Crippen LogP contribution in [0.4, 0.5) is 5.69 Å². The van der Waals surface area contributed by atoms with Crippen molar-refractivity contribution < 1.29 is 0 Å². The number of hydrogen-bond acceptors (Lipinski definition) is 4. The lowest BCUT2D eigenvalue weighted by Gasteiger charge is -2.29. The number of benzene rings is 1. The van der Waals surface area contributed by atoms with Gasteiger partial charge in [0.25, 0.3) is 0 Å². The second kappa shape index (κ2) is 10.1. The second-order valence-electron chi connectivity index (χ2n) is 8.46. The molecule has 2 N–H and O–H groups in total. The van der Waals surface area contributed by atoms with Crippen LogP contribution in [0.1, 0.15) is 35.5 Å². The third-order valence-electron chi connectivity index (χ3n) is 6.10. The van der Waals surface area contributed by atoms with Gasteiger partial charge in [0.05, 0.1) is 17.8 Å². The van der Waals surface area contributed by atoms with Crippen molar-refractivity contribution in [2.75, 3.05) is 18.4 Å². The van der Waals surface area contributed by atoms with Gasteiger partial charge in [-0.05, 0) is 73.6 Å². The Hall–Kier alpha value is -3.71. The molecule has 1 aliphatic heterocycles. The molecule has 1 aliphatic rings.